The van der Waals surface area contributed by atoms with Gasteiger partial charge >= 0.3 is 5.69 Å². The highest BCUT2D eigenvalue weighted by atomic mass is 32.2. The fourth-order valence-electron chi connectivity index (χ4n) is 5.59. The lowest BCUT2D eigenvalue weighted by molar-refractivity contribution is -0.0237. The topological polar surface area (TPSA) is 93.5 Å². The molecule has 5 aromatic rings. The number of carbonyl (C=O) groups excluding carboxylic acids is 1. The minimum absolute atomic E-state index is 0.161. The van der Waals surface area contributed by atoms with Crippen molar-refractivity contribution in [3.63, 3.8) is 0 Å². The largest absolute Gasteiger partial charge is 0.394 e. The van der Waals surface area contributed by atoms with Gasteiger partial charge in [0.1, 0.15) is 12.0 Å². The molecule has 4 aromatic carbocycles. The predicted molar refractivity (Wildman–Crippen MR) is 169 cm³/mol. The predicted octanol–water partition coefficient (Wildman–Crippen LogP) is 5.87. The molecule has 1 saturated heterocycles. The zero-order chi connectivity index (χ0) is 29.6. The molecule has 216 valence electrons. The second-order valence-corrected chi connectivity index (χ2v) is 11.8. The minimum Gasteiger partial charge on any atom is -0.394 e. The first-order valence-electron chi connectivity index (χ1n) is 14.1. The first-order chi connectivity index (χ1) is 21.1. The van der Waals surface area contributed by atoms with Crippen molar-refractivity contribution >= 4 is 23.5 Å². The third-order valence-corrected chi connectivity index (χ3v) is 9.51. The van der Waals surface area contributed by atoms with E-state index in [0.29, 0.717) is 12.0 Å². The van der Waals surface area contributed by atoms with Crippen LogP contribution in [0.15, 0.2) is 138 Å². The monoisotopic (exact) mass is 589 g/mol. The van der Waals surface area contributed by atoms with E-state index in [1.54, 1.807) is 48.3 Å². The Morgan fingerprint density at radius 2 is 1.35 bits per heavy atom. The summed E-state index contributed by atoms with van der Waals surface area (Å²) in [5.74, 6) is -0.188. The van der Waals surface area contributed by atoms with Gasteiger partial charge in [0.05, 0.1) is 17.5 Å². The van der Waals surface area contributed by atoms with E-state index < -0.39 is 22.8 Å². The number of benzene rings is 4. The first-order valence-corrected chi connectivity index (χ1v) is 15.0. The first kappa shape index (κ1) is 28.6. The Hall–Kier alpha value is -4.50. The molecule has 2 N–H and O–H groups in total. The standard InChI is InChI=1S/C35H31N3O4S/c39-24-29-30(23-32(42-29)38-22-21-31(37-34(38)41)36-33(40)25-13-5-1-6-14-25)43-35(26-15-7-2-8-16-26,27-17-9-3-10-18-27)28-19-11-4-12-20-28/h1-22,29-30,32,39H,23-24H2,(H,36,37,40,41)/t29-,30+,32-/m1/s1. The van der Waals surface area contributed by atoms with Crippen molar-refractivity contribution in [1.29, 1.82) is 0 Å². The third kappa shape index (κ3) is 5.90. The highest BCUT2D eigenvalue weighted by molar-refractivity contribution is 8.01. The maximum atomic E-state index is 13.1. The molecule has 0 bridgehead atoms. The van der Waals surface area contributed by atoms with Crippen molar-refractivity contribution in [3.8, 4) is 0 Å². The summed E-state index contributed by atoms with van der Waals surface area (Å²) in [7, 11) is 0. The van der Waals surface area contributed by atoms with Gasteiger partial charge in [-0.15, -0.1) is 11.8 Å². The fraction of sp³-hybridized carbons (Fsp3) is 0.171. The number of rotatable bonds is 9. The van der Waals surface area contributed by atoms with Crippen molar-refractivity contribution in [2.24, 2.45) is 0 Å². The maximum absolute atomic E-state index is 13.1. The Bertz CT molecular complexity index is 1620. The van der Waals surface area contributed by atoms with Gasteiger partial charge in [-0.05, 0) is 34.9 Å². The normalized spacial score (nSPS) is 18.3. The molecule has 3 atom stereocenters. The lowest BCUT2D eigenvalue weighted by Crippen LogP contribution is -2.32. The van der Waals surface area contributed by atoms with Crippen LogP contribution in [-0.2, 0) is 9.48 Å². The van der Waals surface area contributed by atoms with Crippen molar-refractivity contribution in [2.75, 3.05) is 11.9 Å². The molecule has 1 aromatic heterocycles. The van der Waals surface area contributed by atoms with Crippen molar-refractivity contribution in [3.05, 3.63) is 166 Å². The van der Waals surface area contributed by atoms with Gasteiger partial charge in [0, 0.05) is 23.4 Å². The summed E-state index contributed by atoms with van der Waals surface area (Å²) < 4.78 is 7.12. The second kappa shape index (κ2) is 12.8. The maximum Gasteiger partial charge on any atom is 0.351 e. The molecule has 8 heteroatoms. The number of hydrogen-bond donors (Lipinski definition) is 2. The molecular formula is C35H31N3O4S. The molecule has 0 saturated carbocycles. The Labute approximate surface area is 254 Å². The highest BCUT2D eigenvalue weighted by Gasteiger charge is 2.45. The third-order valence-electron chi connectivity index (χ3n) is 7.65. The van der Waals surface area contributed by atoms with Gasteiger partial charge in [0.25, 0.3) is 5.91 Å². The number of aliphatic hydroxyl groups is 1. The number of aliphatic hydroxyl groups excluding tert-OH is 1. The van der Waals surface area contributed by atoms with Gasteiger partial charge in [-0.2, -0.15) is 4.98 Å². The van der Waals surface area contributed by atoms with Crippen LogP contribution in [0.2, 0.25) is 0 Å². The molecule has 2 heterocycles. The van der Waals surface area contributed by atoms with Crippen LogP contribution in [0.25, 0.3) is 0 Å². The molecule has 0 radical (unpaired) electrons. The summed E-state index contributed by atoms with van der Waals surface area (Å²) in [6.07, 6.45) is 0.908. The number of carbonyl (C=O) groups is 1. The van der Waals surface area contributed by atoms with Gasteiger partial charge < -0.3 is 15.2 Å². The molecule has 1 aliphatic rings. The smallest absolute Gasteiger partial charge is 0.351 e. The van der Waals surface area contributed by atoms with E-state index in [1.807, 2.05) is 60.7 Å². The van der Waals surface area contributed by atoms with Gasteiger partial charge in [-0.25, -0.2) is 4.79 Å². The number of ether oxygens (including phenoxy) is 1. The quantitative estimate of drug-likeness (QED) is 0.209. The van der Waals surface area contributed by atoms with E-state index in [-0.39, 0.29) is 23.6 Å². The van der Waals surface area contributed by atoms with Crippen LogP contribution in [-0.4, -0.2) is 38.5 Å². The van der Waals surface area contributed by atoms with Crippen LogP contribution < -0.4 is 11.0 Å². The minimum atomic E-state index is -0.631. The average Bonchev–Trinajstić information content (AvgIpc) is 3.47. The molecule has 0 unspecified atom stereocenters. The Kier molecular flexibility index (Phi) is 8.51. The van der Waals surface area contributed by atoms with Crippen LogP contribution in [0.1, 0.15) is 39.7 Å². The molecule has 0 aliphatic carbocycles. The van der Waals surface area contributed by atoms with Gasteiger partial charge in [0.15, 0.2) is 0 Å². The number of nitrogens with zero attached hydrogens (tertiary/aromatic N) is 2. The summed E-state index contributed by atoms with van der Waals surface area (Å²) in [5, 5.41) is 13.0. The van der Waals surface area contributed by atoms with Crippen LogP contribution in [0, 0.1) is 0 Å². The number of hydrogen-bond acceptors (Lipinski definition) is 6. The molecular weight excluding hydrogens is 558 g/mol. The zero-order valence-electron chi connectivity index (χ0n) is 23.3. The number of amides is 1. The van der Waals surface area contributed by atoms with Crippen LogP contribution in [0.5, 0.6) is 0 Å². The SMILES string of the molecule is O=C(Nc1ccn([C@H]2C[C@H](SC(c3ccccc3)(c3ccccc3)c3ccccc3)[C@@H](CO)O2)c(=O)n1)c1ccccc1. The number of thioether (sulfide) groups is 1. The van der Waals surface area contributed by atoms with Crippen LogP contribution in [0.4, 0.5) is 5.82 Å². The summed E-state index contributed by atoms with van der Waals surface area (Å²) in [6.45, 7) is -0.198. The lowest BCUT2D eigenvalue weighted by atomic mass is 9.84. The van der Waals surface area contributed by atoms with Crippen molar-refractivity contribution < 1.29 is 14.6 Å². The fourth-order valence-corrected chi connectivity index (χ4v) is 7.42. The number of nitrogens with one attached hydrogen (secondary N) is 1. The Morgan fingerprint density at radius 1 is 0.837 bits per heavy atom. The molecule has 1 aliphatic heterocycles. The van der Waals surface area contributed by atoms with E-state index in [9.17, 15) is 14.7 Å². The number of anilines is 1. The van der Waals surface area contributed by atoms with Crippen LogP contribution in [0.3, 0.4) is 0 Å². The molecule has 43 heavy (non-hydrogen) atoms. The average molecular weight is 590 g/mol. The molecule has 7 nitrogen and oxygen atoms in total. The highest BCUT2D eigenvalue weighted by Crippen LogP contribution is 2.53. The summed E-state index contributed by atoms with van der Waals surface area (Å²) >= 11 is 1.73. The van der Waals surface area contributed by atoms with Gasteiger partial charge in [-0.3, -0.25) is 9.36 Å². The van der Waals surface area contributed by atoms with Crippen molar-refractivity contribution in [1.82, 2.24) is 9.55 Å². The zero-order valence-corrected chi connectivity index (χ0v) is 24.1. The molecule has 1 amide bonds. The van der Waals surface area contributed by atoms with E-state index in [1.165, 1.54) is 4.57 Å². The molecule has 0 spiro atoms. The van der Waals surface area contributed by atoms with Crippen LogP contribution >= 0.6 is 11.8 Å². The van der Waals surface area contributed by atoms with Crippen molar-refractivity contribution in [2.45, 2.75) is 28.7 Å². The lowest BCUT2D eigenvalue weighted by Gasteiger charge is -2.38. The van der Waals surface area contributed by atoms with E-state index in [2.05, 4.69) is 46.7 Å². The molecule has 1 fully saturated rings. The van der Waals surface area contributed by atoms with E-state index in [4.69, 9.17) is 4.74 Å². The summed E-state index contributed by atoms with van der Waals surface area (Å²) in [6, 6.07) is 41.4. The number of aromatic nitrogens is 2. The summed E-state index contributed by atoms with van der Waals surface area (Å²) in [5.41, 5.74) is 3.25. The van der Waals surface area contributed by atoms with E-state index >= 15 is 0 Å². The van der Waals surface area contributed by atoms with Gasteiger partial charge in [0.2, 0.25) is 0 Å². The Balaban J connectivity index is 1.32. The van der Waals surface area contributed by atoms with E-state index in [0.717, 1.165) is 16.7 Å². The van der Waals surface area contributed by atoms with Gasteiger partial charge in [-0.1, -0.05) is 109 Å². The molecule has 6 rings (SSSR count). The Morgan fingerprint density at radius 3 is 1.84 bits per heavy atom. The summed E-state index contributed by atoms with van der Waals surface area (Å²) in [4.78, 5) is 29.8. The second-order valence-electron chi connectivity index (χ2n) is 10.3.